The molecule has 1 aromatic rings. The van der Waals surface area contributed by atoms with Gasteiger partial charge in [-0.1, -0.05) is 0 Å². The number of amides is 1. The molecule has 100 valence electrons. The molecule has 6 nitrogen and oxygen atoms in total. The second-order valence-electron chi connectivity index (χ2n) is 4.67. The molecule has 0 aliphatic carbocycles. The van der Waals surface area contributed by atoms with Crippen molar-refractivity contribution >= 4 is 5.91 Å². The molecule has 1 aromatic heterocycles. The molecule has 0 spiro atoms. The maximum atomic E-state index is 11.9. The Labute approximate surface area is 105 Å². The molecule has 0 atom stereocenters. The number of ether oxygens (including phenoxy) is 1. The van der Waals surface area contributed by atoms with Gasteiger partial charge in [-0.05, 0) is 6.92 Å². The number of rotatable bonds is 3. The van der Waals surface area contributed by atoms with E-state index in [2.05, 4.69) is 10.3 Å². The van der Waals surface area contributed by atoms with Gasteiger partial charge in [0, 0.05) is 39.5 Å². The molecule has 0 saturated carbocycles. The molecule has 0 unspecified atom stereocenters. The van der Waals surface area contributed by atoms with Crippen LogP contribution in [-0.2, 0) is 4.74 Å². The van der Waals surface area contributed by atoms with E-state index < -0.39 is 5.60 Å². The summed E-state index contributed by atoms with van der Waals surface area (Å²) in [6.45, 7) is 4.65. The van der Waals surface area contributed by atoms with Crippen molar-refractivity contribution in [2.75, 3.05) is 19.8 Å². The second kappa shape index (κ2) is 5.07. The van der Waals surface area contributed by atoms with Crippen LogP contribution >= 0.6 is 0 Å². The Bertz CT molecular complexity index is 435. The number of hydrogen-bond donors (Lipinski definition) is 2. The first kappa shape index (κ1) is 13.0. The van der Waals surface area contributed by atoms with Crippen LogP contribution in [0.1, 0.15) is 35.0 Å². The van der Waals surface area contributed by atoms with Crippen molar-refractivity contribution in [1.82, 2.24) is 10.3 Å². The molecule has 1 fully saturated rings. The number of nitrogens with one attached hydrogen (secondary N) is 1. The van der Waals surface area contributed by atoms with E-state index in [9.17, 15) is 9.90 Å². The lowest BCUT2D eigenvalue weighted by atomic mass is 9.94. The molecule has 0 bridgehead atoms. The van der Waals surface area contributed by atoms with Crippen LogP contribution in [0.25, 0.3) is 0 Å². The van der Waals surface area contributed by atoms with Crippen LogP contribution in [0.4, 0.5) is 0 Å². The molecule has 2 rings (SSSR count). The highest BCUT2D eigenvalue weighted by Crippen LogP contribution is 2.19. The van der Waals surface area contributed by atoms with E-state index in [-0.39, 0.29) is 18.2 Å². The lowest BCUT2D eigenvalue weighted by molar-refractivity contribution is -0.0605. The Morgan fingerprint density at radius 3 is 2.67 bits per heavy atom. The fourth-order valence-corrected chi connectivity index (χ4v) is 2.00. The zero-order chi connectivity index (χ0) is 13.2. The van der Waals surface area contributed by atoms with Gasteiger partial charge in [0.1, 0.15) is 0 Å². The highest BCUT2D eigenvalue weighted by Gasteiger charge is 2.30. The zero-order valence-corrected chi connectivity index (χ0v) is 10.7. The van der Waals surface area contributed by atoms with Crippen LogP contribution in [-0.4, -0.2) is 41.4 Å². The van der Waals surface area contributed by atoms with Crippen LogP contribution in [0, 0.1) is 13.8 Å². The summed E-state index contributed by atoms with van der Waals surface area (Å²) in [6, 6.07) is 0. The summed E-state index contributed by atoms with van der Waals surface area (Å²) in [6.07, 6.45) is 1.06. The number of aromatic nitrogens is 1. The fourth-order valence-electron chi connectivity index (χ4n) is 2.00. The minimum Gasteiger partial charge on any atom is -0.436 e. The Balaban J connectivity index is 1.94. The van der Waals surface area contributed by atoms with E-state index >= 15 is 0 Å². The van der Waals surface area contributed by atoms with Crippen molar-refractivity contribution in [2.45, 2.75) is 32.3 Å². The third-order valence-corrected chi connectivity index (χ3v) is 3.11. The monoisotopic (exact) mass is 254 g/mol. The Kier molecular flexibility index (Phi) is 3.68. The molecule has 6 heteroatoms. The number of hydrogen-bond acceptors (Lipinski definition) is 5. The number of nitrogens with zero attached hydrogens (tertiary/aromatic N) is 1. The lowest BCUT2D eigenvalue weighted by Crippen LogP contribution is -2.46. The minimum atomic E-state index is -0.878. The average Bonchev–Trinajstić information content (AvgIpc) is 2.67. The molecule has 0 aromatic carbocycles. The summed E-state index contributed by atoms with van der Waals surface area (Å²) in [5.41, 5.74) is -0.319. The summed E-state index contributed by atoms with van der Waals surface area (Å²) in [5.74, 6) is 0.332. The molecule has 0 radical (unpaired) electrons. The van der Waals surface area contributed by atoms with Gasteiger partial charge in [0.2, 0.25) is 5.76 Å². The van der Waals surface area contributed by atoms with Crippen LogP contribution in [0.15, 0.2) is 4.42 Å². The minimum absolute atomic E-state index is 0.203. The Morgan fingerprint density at radius 2 is 2.11 bits per heavy atom. The van der Waals surface area contributed by atoms with Gasteiger partial charge < -0.3 is 19.6 Å². The van der Waals surface area contributed by atoms with Crippen molar-refractivity contribution in [3.8, 4) is 0 Å². The van der Waals surface area contributed by atoms with E-state index in [1.54, 1.807) is 13.8 Å². The fraction of sp³-hybridized carbons (Fsp3) is 0.667. The van der Waals surface area contributed by atoms with E-state index in [1.807, 2.05) is 0 Å². The first-order valence-electron chi connectivity index (χ1n) is 6.02. The quantitative estimate of drug-likeness (QED) is 0.823. The molecular weight excluding hydrogens is 236 g/mol. The predicted octanol–water partition coefficient (Wildman–Crippen LogP) is 0.563. The van der Waals surface area contributed by atoms with Crippen molar-refractivity contribution in [3.05, 3.63) is 17.3 Å². The third kappa shape index (κ3) is 2.88. The zero-order valence-electron chi connectivity index (χ0n) is 10.7. The molecule has 1 amide bonds. The van der Waals surface area contributed by atoms with Gasteiger partial charge in [-0.2, -0.15) is 0 Å². The van der Waals surface area contributed by atoms with E-state index in [0.29, 0.717) is 37.6 Å². The standard InChI is InChI=1S/C12H18N2O4/c1-8-10(18-9(2)14-8)11(15)13-7-12(16)3-5-17-6-4-12/h16H,3-7H2,1-2H3,(H,13,15). The topological polar surface area (TPSA) is 84.6 Å². The maximum Gasteiger partial charge on any atom is 0.289 e. The number of aliphatic hydroxyl groups is 1. The van der Waals surface area contributed by atoms with Gasteiger partial charge in [-0.3, -0.25) is 4.79 Å². The largest absolute Gasteiger partial charge is 0.436 e. The molecule has 1 aliphatic rings. The van der Waals surface area contributed by atoms with Gasteiger partial charge in [0.25, 0.3) is 5.91 Å². The lowest BCUT2D eigenvalue weighted by Gasteiger charge is -2.31. The van der Waals surface area contributed by atoms with Gasteiger partial charge in [0.05, 0.1) is 11.3 Å². The van der Waals surface area contributed by atoms with E-state index in [4.69, 9.17) is 9.15 Å². The summed E-state index contributed by atoms with van der Waals surface area (Å²) < 4.78 is 10.4. The predicted molar refractivity (Wildman–Crippen MR) is 63.3 cm³/mol. The number of carbonyl (C=O) groups is 1. The summed E-state index contributed by atoms with van der Waals surface area (Å²) in [7, 11) is 0. The summed E-state index contributed by atoms with van der Waals surface area (Å²) in [5, 5.41) is 12.9. The molecule has 2 N–H and O–H groups in total. The normalized spacial score (nSPS) is 18.6. The summed E-state index contributed by atoms with van der Waals surface area (Å²) in [4.78, 5) is 15.9. The highest BCUT2D eigenvalue weighted by atomic mass is 16.5. The maximum absolute atomic E-state index is 11.9. The molecule has 1 saturated heterocycles. The van der Waals surface area contributed by atoms with Crippen molar-refractivity contribution in [3.63, 3.8) is 0 Å². The molecule has 18 heavy (non-hydrogen) atoms. The molecular formula is C12H18N2O4. The smallest absolute Gasteiger partial charge is 0.289 e. The number of aryl methyl sites for hydroxylation is 2. The van der Waals surface area contributed by atoms with Gasteiger partial charge >= 0.3 is 0 Å². The van der Waals surface area contributed by atoms with Crippen molar-refractivity contribution in [2.24, 2.45) is 0 Å². The van der Waals surface area contributed by atoms with E-state index in [1.165, 1.54) is 0 Å². The van der Waals surface area contributed by atoms with Gasteiger partial charge in [0.15, 0.2) is 5.89 Å². The second-order valence-corrected chi connectivity index (χ2v) is 4.67. The summed E-state index contributed by atoms with van der Waals surface area (Å²) >= 11 is 0. The first-order chi connectivity index (χ1) is 8.50. The average molecular weight is 254 g/mol. The SMILES string of the molecule is Cc1nc(C)c(C(=O)NCC2(O)CCOCC2)o1. The molecule has 2 heterocycles. The highest BCUT2D eigenvalue weighted by molar-refractivity contribution is 5.92. The van der Waals surface area contributed by atoms with Crippen molar-refractivity contribution < 1.29 is 19.1 Å². The van der Waals surface area contributed by atoms with Crippen LogP contribution in [0.2, 0.25) is 0 Å². The van der Waals surface area contributed by atoms with Crippen LogP contribution in [0.5, 0.6) is 0 Å². The van der Waals surface area contributed by atoms with Gasteiger partial charge in [-0.15, -0.1) is 0 Å². The van der Waals surface area contributed by atoms with Crippen LogP contribution < -0.4 is 5.32 Å². The van der Waals surface area contributed by atoms with E-state index in [0.717, 1.165) is 0 Å². The Hall–Kier alpha value is -1.40. The number of oxazole rings is 1. The molecule has 1 aliphatic heterocycles. The first-order valence-corrected chi connectivity index (χ1v) is 6.02. The number of carbonyl (C=O) groups excluding carboxylic acids is 1. The van der Waals surface area contributed by atoms with Crippen LogP contribution in [0.3, 0.4) is 0 Å². The Morgan fingerprint density at radius 1 is 1.44 bits per heavy atom. The van der Waals surface area contributed by atoms with Gasteiger partial charge in [-0.25, -0.2) is 4.98 Å². The van der Waals surface area contributed by atoms with Crippen molar-refractivity contribution in [1.29, 1.82) is 0 Å². The third-order valence-electron chi connectivity index (χ3n) is 3.11.